The van der Waals surface area contributed by atoms with Gasteiger partial charge in [0.2, 0.25) is 0 Å². The third-order valence-corrected chi connectivity index (χ3v) is 13.9. The van der Waals surface area contributed by atoms with Gasteiger partial charge < -0.3 is 22.7 Å². The maximum atomic E-state index is 12.1. The van der Waals surface area contributed by atoms with Crippen molar-refractivity contribution >= 4 is 131 Å². The molecule has 2 rings (SSSR count). The average Bonchev–Trinajstić information content (AvgIpc) is 2.90. The number of carbonyl (C=O) groups is 6. The van der Waals surface area contributed by atoms with Crippen LogP contribution in [0, 0.1) is 0 Å². The molecule has 2 fully saturated rings. The molecule has 20 heteroatoms. The van der Waals surface area contributed by atoms with Gasteiger partial charge in [0.1, 0.15) is 0 Å². The molecular weight excluding hydrogens is 655 g/mol. The van der Waals surface area contributed by atoms with E-state index in [4.69, 9.17) is 22.7 Å². The fraction of sp³-hybridized carbons (Fsp3) is 0.667. The van der Waals surface area contributed by atoms with Crippen LogP contribution in [-0.4, -0.2) is 101 Å². The third-order valence-electron chi connectivity index (χ3n) is 3.95. The van der Waals surface area contributed by atoms with Crippen molar-refractivity contribution in [2.45, 2.75) is 38.5 Å². The van der Waals surface area contributed by atoms with Crippen molar-refractivity contribution in [1.82, 2.24) is 0 Å². The predicted molar refractivity (Wildman–Crippen MR) is 151 cm³/mol. The Morgan fingerprint density at radius 3 is 1.18 bits per heavy atom. The van der Waals surface area contributed by atoms with E-state index in [-0.39, 0.29) is 38.5 Å². The molecule has 0 atom stereocenters. The van der Waals surface area contributed by atoms with Gasteiger partial charge in [-0.25, -0.2) is 0 Å². The van der Waals surface area contributed by atoms with Gasteiger partial charge in [-0.2, -0.15) is 0 Å². The number of rotatable bonds is 9. The lowest BCUT2D eigenvalue weighted by Gasteiger charge is -2.13. The van der Waals surface area contributed by atoms with Crippen LogP contribution < -0.4 is 0 Å². The zero-order valence-corrected chi connectivity index (χ0v) is 27.2. The van der Waals surface area contributed by atoms with E-state index in [0.717, 1.165) is 0 Å². The van der Waals surface area contributed by atoms with Gasteiger partial charge in [-0.1, -0.05) is 64.8 Å². The average molecular weight is 679 g/mol. The standard InChI is InChI=1S/3C6H10O4S2.2Al/c3*7-5(8)1-3-11-12-4-2-6(9)10;;/h3*1-4H2,(H,7,8)(H,9,10);;/q;;;2*+3/p-6. The summed E-state index contributed by atoms with van der Waals surface area (Å²) in [6.07, 6.45) is 0.443. The summed E-state index contributed by atoms with van der Waals surface area (Å²) in [5.74, 6) is -0.912. The van der Waals surface area contributed by atoms with E-state index in [2.05, 4.69) is 0 Å². The van der Waals surface area contributed by atoms with Gasteiger partial charge in [0, 0.05) is 34.5 Å². The third kappa shape index (κ3) is 16.9. The Balaban J connectivity index is 1.64. The summed E-state index contributed by atoms with van der Waals surface area (Å²) >= 11 is -6.55. The van der Waals surface area contributed by atoms with E-state index >= 15 is 0 Å². The molecule has 0 N–H and O–H groups in total. The Labute approximate surface area is 253 Å². The van der Waals surface area contributed by atoms with Crippen molar-refractivity contribution in [3.63, 3.8) is 0 Å². The molecule has 2 aliphatic rings. The van der Waals surface area contributed by atoms with Crippen molar-refractivity contribution in [1.29, 1.82) is 0 Å². The van der Waals surface area contributed by atoms with Gasteiger partial charge in [0.15, 0.2) is 0 Å². The zero-order valence-electron chi connectivity index (χ0n) is 20.0. The molecule has 38 heavy (non-hydrogen) atoms. The van der Waals surface area contributed by atoms with Crippen LogP contribution in [0.4, 0.5) is 0 Å². The smallest absolute Gasteiger partial charge is 0.551 e. The summed E-state index contributed by atoms with van der Waals surface area (Å²) in [6, 6.07) is 0. The molecule has 12 nitrogen and oxygen atoms in total. The topological polar surface area (TPSA) is 158 Å². The first-order valence-electron chi connectivity index (χ1n) is 11.2. The van der Waals surface area contributed by atoms with Crippen molar-refractivity contribution in [3.8, 4) is 0 Å². The van der Waals surface area contributed by atoms with Gasteiger partial charge in [0.05, 0.1) is 38.5 Å². The highest BCUT2D eigenvalue weighted by atomic mass is 33.1. The van der Waals surface area contributed by atoms with Crippen molar-refractivity contribution in [3.05, 3.63) is 0 Å². The van der Waals surface area contributed by atoms with Crippen LogP contribution in [0.5, 0.6) is 0 Å². The number of hydrogen-bond donors (Lipinski definition) is 0. The summed E-state index contributed by atoms with van der Waals surface area (Å²) < 4.78 is 30.5. The van der Waals surface area contributed by atoms with Crippen LogP contribution in [0.2, 0.25) is 0 Å². The molecule has 0 saturated carbocycles. The molecule has 0 aromatic carbocycles. The molecule has 0 radical (unpaired) electrons. The van der Waals surface area contributed by atoms with E-state index in [0.29, 0.717) is 34.5 Å². The Bertz CT molecular complexity index is 728. The number of hydrogen-bond acceptors (Lipinski definition) is 18. The van der Waals surface area contributed by atoms with E-state index in [1.54, 1.807) is 0 Å². The second-order valence-corrected chi connectivity index (χ2v) is 17.6. The van der Waals surface area contributed by atoms with Crippen LogP contribution in [0.1, 0.15) is 38.5 Å². The summed E-state index contributed by atoms with van der Waals surface area (Å²) in [7, 11) is 8.43. The second-order valence-electron chi connectivity index (χ2n) is 6.95. The van der Waals surface area contributed by atoms with Gasteiger partial charge in [-0.05, 0) is 0 Å². The summed E-state index contributed by atoms with van der Waals surface area (Å²) in [5.41, 5.74) is 0. The molecule has 2 aliphatic heterocycles. The maximum absolute atomic E-state index is 12.1. The molecule has 0 aromatic rings. The first-order valence-corrected chi connectivity index (χ1v) is 21.5. The predicted octanol–water partition coefficient (Wildman–Crippen LogP) is 2.73. The molecular formula is C18H24Al2O12S6. The van der Waals surface area contributed by atoms with Crippen LogP contribution in [-0.2, 0) is 51.5 Å². The Kier molecular flexibility index (Phi) is 18.7. The Morgan fingerprint density at radius 1 is 0.605 bits per heavy atom. The van der Waals surface area contributed by atoms with Crippen LogP contribution >= 0.6 is 64.8 Å². The lowest BCUT2D eigenvalue weighted by molar-refractivity contribution is -0.150. The van der Waals surface area contributed by atoms with Gasteiger partial charge >= 0.3 is 30.3 Å². The molecule has 0 amide bonds. The van der Waals surface area contributed by atoms with Gasteiger partial charge in [0.25, 0.3) is 35.8 Å². The zero-order chi connectivity index (χ0) is 27.6. The molecule has 0 unspecified atom stereocenters. The quantitative estimate of drug-likeness (QED) is 0.199. The Hall–Kier alpha value is -0.0151. The molecule has 0 aliphatic carbocycles. The highest BCUT2D eigenvalue weighted by molar-refractivity contribution is 8.77. The maximum Gasteiger partial charge on any atom is 1.20 e. The minimum absolute atomic E-state index is 0.0239. The van der Waals surface area contributed by atoms with Crippen LogP contribution in [0.25, 0.3) is 0 Å². The summed E-state index contributed by atoms with van der Waals surface area (Å²) in [6.45, 7) is 0. The van der Waals surface area contributed by atoms with Crippen molar-refractivity contribution < 1.29 is 51.5 Å². The SMILES string of the molecule is O=C1CCSSCCC(=O)[O][Al]([O]C(=O)CCSSCCC(=O)[O][Al]2[O]C(=O)CCSSCCC(=O)[O]2)[O]1. The first-order chi connectivity index (χ1) is 18.3. The summed E-state index contributed by atoms with van der Waals surface area (Å²) in [4.78, 5) is 71.6. The fourth-order valence-corrected chi connectivity index (χ4v) is 10.4. The van der Waals surface area contributed by atoms with Crippen molar-refractivity contribution in [2.24, 2.45) is 0 Å². The lowest BCUT2D eigenvalue weighted by Crippen LogP contribution is -2.35. The van der Waals surface area contributed by atoms with Crippen LogP contribution in [0.15, 0.2) is 0 Å². The minimum Gasteiger partial charge on any atom is -0.551 e. The van der Waals surface area contributed by atoms with Gasteiger partial charge in [-0.15, -0.1) is 0 Å². The highest BCUT2D eigenvalue weighted by Gasteiger charge is 2.49. The largest absolute Gasteiger partial charge is 1.20 e. The first kappa shape index (κ1) is 34.2. The molecule has 0 spiro atoms. The van der Waals surface area contributed by atoms with E-state index in [1.165, 1.54) is 64.8 Å². The molecule has 2 heterocycles. The molecule has 210 valence electrons. The molecule has 2 saturated heterocycles. The second kappa shape index (κ2) is 20.8. The van der Waals surface area contributed by atoms with Crippen LogP contribution in [0.3, 0.4) is 0 Å². The van der Waals surface area contributed by atoms with E-state index < -0.39 is 66.1 Å². The minimum atomic E-state index is -3.28. The van der Waals surface area contributed by atoms with Crippen molar-refractivity contribution in [2.75, 3.05) is 34.5 Å². The van der Waals surface area contributed by atoms with E-state index in [1.807, 2.05) is 0 Å². The Morgan fingerprint density at radius 2 is 0.895 bits per heavy atom. The summed E-state index contributed by atoms with van der Waals surface area (Å²) in [5, 5.41) is 0. The number of carbonyl (C=O) groups excluding carboxylic acids is 6. The van der Waals surface area contributed by atoms with Gasteiger partial charge in [-0.3, -0.25) is 28.8 Å². The molecule has 0 bridgehead atoms. The normalized spacial score (nSPS) is 18.5. The lowest BCUT2D eigenvalue weighted by atomic mass is 10.5. The monoisotopic (exact) mass is 678 g/mol. The molecule has 0 aromatic heterocycles. The van der Waals surface area contributed by atoms with E-state index in [9.17, 15) is 28.8 Å². The highest BCUT2D eigenvalue weighted by Crippen LogP contribution is 2.26. The fourth-order valence-electron chi connectivity index (χ4n) is 2.25.